The maximum absolute atomic E-state index is 12.3. The highest BCUT2D eigenvalue weighted by atomic mass is 35.5. The molecule has 1 aliphatic carbocycles. The molecule has 1 fully saturated rings. The van der Waals surface area contributed by atoms with Gasteiger partial charge in [0.25, 0.3) is 0 Å². The molecule has 150 valence electrons. The normalized spacial score (nSPS) is 14.1. The standard InChI is InChI=1S/C21H21Cl2N5O/c22-18-6-5-15(11-19(18)23)26-21(29)25-13-16-12-20(14-7-9-24-10-8-14)28(27-16)17-3-1-2-4-17/h5-12,17H,1-4,13H2,(H2,25,26,29). The van der Waals surface area contributed by atoms with Crippen LogP contribution in [-0.4, -0.2) is 20.8 Å². The predicted octanol–water partition coefficient (Wildman–Crippen LogP) is 5.69. The van der Waals surface area contributed by atoms with Gasteiger partial charge in [-0.3, -0.25) is 9.67 Å². The fourth-order valence-electron chi connectivity index (χ4n) is 3.62. The molecule has 1 aromatic carbocycles. The minimum absolute atomic E-state index is 0.324. The van der Waals surface area contributed by atoms with E-state index in [4.69, 9.17) is 28.3 Å². The molecule has 1 aliphatic rings. The number of aromatic nitrogens is 3. The van der Waals surface area contributed by atoms with E-state index >= 15 is 0 Å². The molecule has 0 atom stereocenters. The lowest BCUT2D eigenvalue weighted by atomic mass is 10.1. The van der Waals surface area contributed by atoms with Crippen LogP contribution in [0.1, 0.15) is 37.4 Å². The van der Waals surface area contributed by atoms with Crippen molar-refractivity contribution in [1.29, 1.82) is 0 Å². The van der Waals surface area contributed by atoms with E-state index in [0.29, 0.717) is 28.3 Å². The number of rotatable bonds is 5. The second-order valence-corrected chi connectivity index (χ2v) is 7.89. The van der Waals surface area contributed by atoms with E-state index in [1.54, 1.807) is 30.6 Å². The quantitative estimate of drug-likeness (QED) is 0.546. The number of carbonyl (C=O) groups is 1. The molecule has 0 bridgehead atoms. The van der Waals surface area contributed by atoms with E-state index in [9.17, 15) is 4.79 Å². The van der Waals surface area contributed by atoms with E-state index in [2.05, 4.69) is 20.3 Å². The average Bonchev–Trinajstić information content (AvgIpc) is 3.39. The van der Waals surface area contributed by atoms with Crippen LogP contribution in [0, 0.1) is 0 Å². The van der Waals surface area contributed by atoms with E-state index in [0.717, 1.165) is 29.8 Å². The summed E-state index contributed by atoms with van der Waals surface area (Å²) in [6.45, 7) is 0.324. The lowest BCUT2D eigenvalue weighted by molar-refractivity contribution is 0.251. The highest BCUT2D eigenvalue weighted by molar-refractivity contribution is 6.42. The first kappa shape index (κ1) is 19.7. The molecule has 2 N–H and O–H groups in total. The highest BCUT2D eigenvalue weighted by Crippen LogP contribution is 2.33. The van der Waals surface area contributed by atoms with E-state index in [1.807, 2.05) is 18.2 Å². The number of urea groups is 1. The van der Waals surface area contributed by atoms with Crippen LogP contribution in [0.25, 0.3) is 11.3 Å². The zero-order valence-electron chi connectivity index (χ0n) is 15.7. The molecular formula is C21H21Cl2N5O. The summed E-state index contributed by atoms with van der Waals surface area (Å²) < 4.78 is 2.11. The Kier molecular flexibility index (Phi) is 6.02. The number of halogens is 2. The molecule has 0 radical (unpaired) electrons. The van der Waals surface area contributed by atoms with Crippen LogP contribution in [0.3, 0.4) is 0 Å². The number of anilines is 1. The summed E-state index contributed by atoms with van der Waals surface area (Å²) in [6.07, 6.45) is 8.27. The van der Waals surface area contributed by atoms with Gasteiger partial charge in [-0.05, 0) is 49.2 Å². The van der Waals surface area contributed by atoms with Crippen LogP contribution in [0.5, 0.6) is 0 Å². The monoisotopic (exact) mass is 429 g/mol. The van der Waals surface area contributed by atoms with Crippen molar-refractivity contribution < 1.29 is 4.79 Å². The molecule has 8 heteroatoms. The van der Waals surface area contributed by atoms with Crippen molar-refractivity contribution >= 4 is 34.9 Å². The van der Waals surface area contributed by atoms with Gasteiger partial charge in [-0.2, -0.15) is 5.10 Å². The number of nitrogens with zero attached hydrogens (tertiary/aromatic N) is 3. The van der Waals surface area contributed by atoms with Crippen molar-refractivity contribution in [2.75, 3.05) is 5.32 Å². The van der Waals surface area contributed by atoms with Gasteiger partial charge in [0, 0.05) is 23.6 Å². The molecule has 29 heavy (non-hydrogen) atoms. The predicted molar refractivity (Wildman–Crippen MR) is 115 cm³/mol. The Hall–Kier alpha value is -2.57. The molecule has 0 saturated heterocycles. The third kappa shape index (κ3) is 4.71. The van der Waals surface area contributed by atoms with Gasteiger partial charge in [-0.15, -0.1) is 0 Å². The summed E-state index contributed by atoms with van der Waals surface area (Å²) in [5, 5.41) is 11.2. The Labute approximate surface area is 179 Å². The Bertz CT molecular complexity index is 1000. The molecule has 4 rings (SSSR count). The van der Waals surface area contributed by atoms with Crippen molar-refractivity contribution in [3.05, 3.63) is 64.5 Å². The van der Waals surface area contributed by atoms with Gasteiger partial charge in [-0.1, -0.05) is 36.0 Å². The lowest BCUT2D eigenvalue weighted by Gasteiger charge is -2.14. The van der Waals surface area contributed by atoms with Crippen LogP contribution in [0.15, 0.2) is 48.8 Å². The fraction of sp³-hybridized carbons (Fsp3) is 0.286. The van der Waals surface area contributed by atoms with Crippen molar-refractivity contribution in [3.8, 4) is 11.3 Å². The number of benzene rings is 1. The maximum atomic E-state index is 12.3. The average molecular weight is 430 g/mol. The molecule has 2 aromatic heterocycles. The molecule has 1 saturated carbocycles. The topological polar surface area (TPSA) is 71.8 Å². The Balaban J connectivity index is 1.47. The Morgan fingerprint density at radius 3 is 2.55 bits per heavy atom. The van der Waals surface area contributed by atoms with Gasteiger partial charge in [0.1, 0.15) is 0 Å². The van der Waals surface area contributed by atoms with Crippen LogP contribution in [0.4, 0.5) is 10.5 Å². The minimum Gasteiger partial charge on any atom is -0.332 e. The third-order valence-electron chi connectivity index (χ3n) is 5.04. The summed E-state index contributed by atoms with van der Waals surface area (Å²) in [4.78, 5) is 16.4. The van der Waals surface area contributed by atoms with Crippen LogP contribution in [0.2, 0.25) is 10.0 Å². The summed E-state index contributed by atoms with van der Waals surface area (Å²) in [7, 11) is 0. The third-order valence-corrected chi connectivity index (χ3v) is 5.78. The van der Waals surface area contributed by atoms with Crippen LogP contribution >= 0.6 is 23.2 Å². The first-order valence-corrected chi connectivity index (χ1v) is 10.3. The first-order valence-electron chi connectivity index (χ1n) is 9.59. The zero-order chi connectivity index (χ0) is 20.2. The van der Waals surface area contributed by atoms with E-state index < -0.39 is 0 Å². The largest absolute Gasteiger partial charge is 0.332 e. The maximum Gasteiger partial charge on any atom is 0.319 e. The van der Waals surface area contributed by atoms with Gasteiger partial charge >= 0.3 is 6.03 Å². The first-order chi connectivity index (χ1) is 14.1. The van der Waals surface area contributed by atoms with Crippen molar-refractivity contribution in [1.82, 2.24) is 20.1 Å². The molecule has 6 nitrogen and oxygen atoms in total. The lowest BCUT2D eigenvalue weighted by Crippen LogP contribution is -2.28. The van der Waals surface area contributed by atoms with E-state index in [1.165, 1.54) is 12.8 Å². The highest BCUT2D eigenvalue weighted by Gasteiger charge is 2.22. The summed E-state index contributed by atoms with van der Waals surface area (Å²) in [5.41, 5.74) is 3.52. The summed E-state index contributed by atoms with van der Waals surface area (Å²) >= 11 is 11.9. The number of hydrogen-bond donors (Lipinski definition) is 2. The molecule has 2 amide bonds. The Morgan fingerprint density at radius 1 is 1.07 bits per heavy atom. The zero-order valence-corrected chi connectivity index (χ0v) is 17.2. The summed E-state index contributed by atoms with van der Waals surface area (Å²) in [6, 6.07) is 11.0. The van der Waals surface area contributed by atoms with E-state index in [-0.39, 0.29) is 6.03 Å². The molecule has 0 unspecified atom stereocenters. The van der Waals surface area contributed by atoms with Gasteiger partial charge in [-0.25, -0.2) is 4.79 Å². The Morgan fingerprint density at radius 2 is 1.83 bits per heavy atom. The van der Waals surface area contributed by atoms with Gasteiger partial charge < -0.3 is 10.6 Å². The van der Waals surface area contributed by atoms with Crippen molar-refractivity contribution in [2.45, 2.75) is 38.3 Å². The van der Waals surface area contributed by atoms with Crippen LogP contribution < -0.4 is 10.6 Å². The molecular weight excluding hydrogens is 409 g/mol. The fourth-order valence-corrected chi connectivity index (χ4v) is 3.92. The van der Waals surface area contributed by atoms with Crippen LogP contribution in [-0.2, 0) is 6.54 Å². The number of carbonyl (C=O) groups excluding carboxylic acids is 1. The number of pyridine rings is 1. The van der Waals surface area contributed by atoms with Crippen molar-refractivity contribution in [2.24, 2.45) is 0 Å². The molecule has 3 aromatic rings. The smallest absolute Gasteiger partial charge is 0.319 e. The van der Waals surface area contributed by atoms with Gasteiger partial charge in [0.2, 0.25) is 0 Å². The number of hydrogen-bond acceptors (Lipinski definition) is 3. The molecule has 2 heterocycles. The summed E-state index contributed by atoms with van der Waals surface area (Å²) in [5.74, 6) is 0. The second kappa shape index (κ2) is 8.84. The van der Waals surface area contributed by atoms with Gasteiger partial charge in [0.15, 0.2) is 0 Å². The molecule has 0 spiro atoms. The van der Waals surface area contributed by atoms with Crippen molar-refractivity contribution in [3.63, 3.8) is 0 Å². The second-order valence-electron chi connectivity index (χ2n) is 7.08. The SMILES string of the molecule is O=C(NCc1cc(-c2ccncc2)n(C2CCCC2)n1)Nc1ccc(Cl)c(Cl)c1. The number of nitrogens with one attached hydrogen (secondary N) is 2. The van der Waals surface area contributed by atoms with Gasteiger partial charge in [0.05, 0.1) is 34.0 Å². The molecule has 0 aliphatic heterocycles. The minimum atomic E-state index is -0.329. The number of amides is 2.